The Balaban J connectivity index is 2.14. The van der Waals surface area contributed by atoms with Gasteiger partial charge in [0.25, 0.3) is 0 Å². The number of carbonyl (C=O) groups excluding carboxylic acids is 1. The Morgan fingerprint density at radius 1 is 0.900 bits per heavy atom. The van der Waals surface area contributed by atoms with Gasteiger partial charge in [0, 0.05) is 16.9 Å². The fraction of sp³-hybridized carbons (Fsp3) is 0.0625. The molecule has 4 N–H and O–H groups in total. The number of nitrogens with two attached hydrogens (primary N) is 2. The van der Waals surface area contributed by atoms with Crippen molar-refractivity contribution < 1.29 is 9.53 Å². The summed E-state index contributed by atoms with van der Waals surface area (Å²) in [5.74, 6) is -0.317. The molecule has 0 fully saturated rings. The number of esters is 1. The quantitative estimate of drug-likeness (QED) is 0.646. The summed E-state index contributed by atoms with van der Waals surface area (Å²) in [6.07, 6.45) is 0. The zero-order chi connectivity index (χ0) is 14.1. The van der Waals surface area contributed by atoms with Crippen molar-refractivity contribution in [3.05, 3.63) is 59.7 Å². The van der Waals surface area contributed by atoms with Crippen molar-refractivity contribution in [1.82, 2.24) is 0 Å². The highest BCUT2D eigenvalue weighted by Crippen LogP contribution is 2.33. The third kappa shape index (κ3) is 2.12. The fourth-order valence-electron chi connectivity index (χ4n) is 2.30. The molecule has 1 aliphatic heterocycles. The molecule has 3 rings (SSSR count). The maximum absolute atomic E-state index is 12.0. The summed E-state index contributed by atoms with van der Waals surface area (Å²) in [5.41, 5.74) is 15.9. The van der Waals surface area contributed by atoms with E-state index in [-0.39, 0.29) is 12.6 Å². The van der Waals surface area contributed by atoms with Gasteiger partial charge in [-0.2, -0.15) is 0 Å². The molecule has 0 unspecified atom stereocenters. The number of hydrogen-bond acceptors (Lipinski definition) is 4. The number of carbonyl (C=O) groups is 1. The minimum absolute atomic E-state index is 0.271. The third-order valence-corrected chi connectivity index (χ3v) is 3.29. The molecule has 0 saturated carbocycles. The molecule has 0 saturated heterocycles. The number of ether oxygens (including phenoxy) is 1. The first-order chi connectivity index (χ1) is 9.65. The van der Waals surface area contributed by atoms with Gasteiger partial charge in [-0.1, -0.05) is 24.3 Å². The minimum atomic E-state index is -0.317. The maximum Gasteiger partial charge on any atom is 0.339 e. The lowest BCUT2D eigenvalue weighted by molar-refractivity contribution is -0.133. The maximum atomic E-state index is 12.0. The van der Waals surface area contributed by atoms with Crippen molar-refractivity contribution in [3.63, 3.8) is 0 Å². The molecule has 1 heterocycles. The summed E-state index contributed by atoms with van der Waals surface area (Å²) in [7, 11) is 0. The van der Waals surface area contributed by atoms with E-state index in [4.69, 9.17) is 16.2 Å². The molecule has 20 heavy (non-hydrogen) atoms. The zero-order valence-corrected chi connectivity index (χ0v) is 10.8. The Hall–Kier alpha value is -2.75. The molecule has 0 aliphatic carbocycles. The molecule has 100 valence electrons. The average Bonchev–Trinajstić information content (AvgIpc) is 2.81. The summed E-state index contributed by atoms with van der Waals surface area (Å²) < 4.78 is 5.17. The molecule has 4 nitrogen and oxygen atoms in total. The number of cyclic esters (lactones) is 1. The van der Waals surface area contributed by atoms with E-state index in [9.17, 15) is 4.79 Å². The van der Waals surface area contributed by atoms with Gasteiger partial charge >= 0.3 is 5.97 Å². The first kappa shape index (κ1) is 12.3. The first-order valence-corrected chi connectivity index (χ1v) is 6.27. The van der Waals surface area contributed by atoms with Crippen molar-refractivity contribution in [3.8, 4) is 0 Å². The molecule has 0 radical (unpaired) electrons. The van der Waals surface area contributed by atoms with Gasteiger partial charge in [0.2, 0.25) is 0 Å². The van der Waals surface area contributed by atoms with Gasteiger partial charge in [-0.3, -0.25) is 0 Å². The van der Waals surface area contributed by atoms with Crippen LogP contribution in [0.4, 0.5) is 11.4 Å². The van der Waals surface area contributed by atoms with E-state index in [0.29, 0.717) is 16.9 Å². The van der Waals surface area contributed by atoms with E-state index in [1.165, 1.54) is 0 Å². The normalized spacial score (nSPS) is 14.5. The van der Waals surface area contributed by atoms with E-state index < -0.39 is 0 Å². The van der Waals surface area contributed by atoms with Gasteiger partial charge in [-0.25, -0.2) is 4.79 Å². The standard InChI is InChI=1S/C16H14N2O2/c17-12-6-4-10(5-7-12)14-9-20-16(19)15(14)11-2-1-3-13(18)8-11/h1-8H,9,17-18H2. The first-order valence-electron chi connectivity index (χ1n) is 6.27. The Kier molecular flexibility index (Phi) is 2.91. The Labute approximate surface area is 116 Å². The highest BCUT2D eigenvalue weighted by molar-refractivity contribution is 6.27. The highest BCUT2D eigenvalue weighted by atomic mass is 16.5. The van der Waals surface area contributed by atoms with E-state index in [0.717, 1.165) is 16.7 Å². The summed E-state index contributed by atoms with van der Waals surface area (Å²) >= 11 is 0. The predicted molar refractivity (Wildman–Crippen MR) is 79.5 cm³/mol. The van der Waals surface area contributed by atoms with Gasteiger partial charge < -0.3 is 16.2 Å². The van der Waals surface area contributed by atoms with Gasteiger partial charge in [0.05, 0.1) is 5.57 Å². The van der Waals surface area contributed by atoms with E-state index >= 15 is 0 Å². The van der Waals surface area contributed by atoms with E-state index in [1.807, 2.05) is 36.4 Å². The lowest BCUT2D eigenvalue weighted by Crippen LogP contribution is -1.99. The predicted octanol–water partition coefficient (Wildman–Crippen LogP) is 2.32. The lowest BCUT2D eigenvalue weighted by atomic mass is 9.96. The number of nitrogen functional groups attached to an aromatic ring is 2. The number of hydrogen-bond donors (Lipinski definition) is 2. The number of rotatable bonds is 2. The summed E-state index contributed by atoms with van der Waals surface area (Å²) in [4.78, 5) is 12.0. The molecule has 2 aromatic carbocycles. The molecule has 4 heteroatoms. The summed E-state index contributed by atoms with van der Waals surface area (Å²) in [6.45, 7) is 0.271. The fourth-order valence-corrected chi connectivity index (χ4v) is 2.30. The van der Waals surface area contributed by atoms with Crippen LogP contribution in [0.15, 0.2) is 48.5 Å². The van der Waals surface area contributed by atoms with Crippen LogP contribution in [0.3, 0.4) is 0 Å². The Morgan fingerprint density at radius 3 is 2.35 bits per heavy atom. The smallest absolute Gasteiger partial charge is 0.339 e. The van der Waals surface area contributed by atoms with Crippen LogP contribution >= 0.6 is 0 Å². The lowest BCUT2D eigenvalue weighted by Gasteiger charge is -2.05. The van der Waals surface area contributed by atoms with Gasteiger partial charge in [0.15, 0.2) is 0 Å². The molecule has 0 aromatic heterocycles. The average molecular weight is 266 g/mol. The second-order valence-corrected chi connectivity index (χ2v) is 4.68. The van der Waals surface area contributed by atoms with Crippen LogP contribution in [-0.4, -0.2) is 12.6 Å². The van der Waals surface area contributed by atoms with Crippen molar-refractivity contribution in [1.29, 1.82) is 0 Å². The minimum Gasteiger partial charge on any atom is -0.457 e. The zero-order valence-electron chi connectivity index (χ0n) is 10.8. The molecule has 0 amide bonds. The van der Waals surface area contributed by atoms with Crippen molar-refractivity contribution in [2.45, 2.75) is 0 Å². The van der Waals surface area contributed by atoms with Crippen molar-refractivity contribution in [2.75, 3.05) is 18.1 Å². The molecule has 2 aromatic rings. The van der Waals surface area contributed by atoms with Crippen LogP contribution in [0.5, 0.6) is 0 Å². The van der Waals surface area contributed by atoms with Crippen molar-refractivity contribution in [2.24, 2.45) is 0 Å². The second-order valence-electron chi connectivity index (χ2n) is 4.68. The third-order valence-electron chi connectivity index (χ3n) is 3.29. The second kappa shape index (κ2) is 4.74. The topological polar surface area (TPSA) is 78.3 Å². The Bertz CT molecular complexity index is 703. The summed E-state index contributed by atoms with van der Waals surface area (Å²) in [6, 6.07) is 14.6. The van der Waals surface area contributed by atoms with Crippen LogP contribution in [0, 0.1) is 0 Å². The van der Waals surface area contributed by atoms with Crippen LogP contribution in [0.2, 0.25) is 0 Å². The SMILES string of the molecule is Nc1ccc(C2=C(c3cccc(N)c3)C(=O)OC2)cc1. The van der Waals surface area contributed by atoms with Gasteiger partial charge in [-0.15, -0.1) is 0 Å². The molecule has 0 bridgehead atoms. The van der Waals surface area contributed by atoms with Crippen molar-refractivity contribution >= 4 is 28.5 Å². The molecule has 0 spiro atoms. The van der Waals surface area contributed by atoms with E-state index in [2.05, 4.69) is 0 Å². The van der Waals surface area contributed by atoms with E-state index in [1.54, 1.807) is 12.1 Å². The molecule has 1 aliphatic rings. The number of benzene rings is 2. The molecular formula is C16H14N2O2. The van der Waals surface area contributed by atoms with Crippen LogP contribution in [-0.2, 0) is 9.53 Å². The Morgan fingerprint density at radius 2 is 1.65 bits per heavy atom. The van der Waals surface area contributed by atoms with Crippen LogP contribution in [0.1, 0.15) is 11.1 Å². The van der Waals surface area contributed by atoms with Gasteiger partial charge in [-0.05, 0) is 35.4 Å². The van der Waals surface area contributed by atoms with Crippen LogP contribution in [0.25, 0.3) is 11.1 Å². The highest BCUT2D eigenvalue weighted by Gasteiger charge is 2.27. The van der Waals surface area contributed by atoms with Gasteiger partial charge in [0.1, 0.15) is 6.61 Å². The molecule has 0 atom stereocenters. The van der Waals surface area contributed by atoms with Crippen LogP contribution < -0.4 is 11.5 Å². The largest absolute Gasteiger partial charge is 0.457 e. The number of anilines is 2. The summed E-state index contributed by atoms with van der Waals surface area (Å²) in [5, 5.41) is 0. The molecular weight excluding hydrogens is 252 g/mol. The monoisotopic (exact) mass is 266 g/mol.